The average Bonchev–Trinajstić information content (AvgIpc) is 3.20. The van der Waals surface area contributed by atoms with Gasteiger partial charge in [-0.3, -0.25) is 9.78 Å². The maximum absolute atomic E-state index is 12.5. The summed E-state index contributed by atoms with van der Waals surface area (Å²) >= 11 is 0. The summed E-state index contributed by atoms with van der Waals surface area (Å²) in [5.74, 6) is -0.0617. The molecular formula is C13H12FN3O5S. The second kappa shape index (κ2) is 5.61. The Morgan fingerprint density at radius 2 is 2.17 bits per heavy atom. The van der Waals surface area contributed by atoms with Crippen LogP contribution in [0.4, 0.5) is 9.57 Å². The van der Waals surface area contributed by atoms with E-state index in [0.717, 1.165) is 25.1 Å². The molecule has 0 atom stereocenters. The van der Waals surface area contributed by atoms with Gasteiger partial charge >= 0.3 is 10.5 Å². The van der Waals surface area contributed by atoms with Crippen LogP contribution in [0.3, 0.4) is 0 Å². The molecule has 1 N–H and O–H groups in total. The zero-order valence-electron chi connectivity index (χ0n) is 11.9. The Labute approximate surface area is 131 Å². The lowest BCUT2D eigenvalue weighted by Gasteiger charge is -2.05. The lowest BCUT2D eigenvalue weighted by Crippen LogP contribution is -2.12. The predicted molar refractivity (Wildman–Crippen MR) is 76.1 cm³/mol. The summed E-state index contributed by atoms with van der Waals surface area (Å²) in [7, 11) is -5.16. The minimum atomic E-state index is -5.16. The van der Waals surface area contributed by atoms with Gasteiger partial charge in [-0.15, -0.1) is 0 Å². The quantitative estimate of drug-likeness (QED) is 0.829. The van der Waals surface area contributed by atoms with E-state index in [1.54, 1.807) is 6.92 Å². The molecule has 1 fully saturated rings. The van der Waals surface area contributed by atoms with Crippen LogP contribution in [0, 0.1) is 6.92 Å². The van der Waals surface area contributed by atoms with Crippen LogP contribution in [0.5, 0.6) is 5.75 Å². The van der Waals surface area contributed by atoms with E-state index in [9.17, 15) is 17.1 Å². The molecule has 1 saturated carbocycles. The Morgan fingerprint density at radius 1 is 1.43 bits per heavy atom. The average molecular weight is 341 g/mol. The predicted octanol–water partition coefficient (Wildman–Crippen LogP) is 2.10. The van der Waals surface area contributed by atoms with Crippen molar-refractivity contribution in [3.8, 4) is 5.75 Å². The van der Waals surface area contributed by atoms with Gasteiger partial charge in [-0.05, 0) is 19.8 Å². The smallest absolute Gasteiger partial charge is 0.435 e. The van der Waals surface area contributed by atoms with Crippen LogP contribution in [0.2, 0.25) is 0 Å². The molecule has 0 bridgehead atoms. The van der Waals surface area contributed by atoms with E-state index in [2.05, 4.69) is 19.5 Å². The molecule has 0 spiro atoms. The van der Waals surface area contributed by atoms with Crippen molar-refractivity contribution in [1.29, 1.82) is 0 Å². The number of halogens is 1. The second-order valence-electron chi connectivity index (χ2n) is 5.08. The molecule has 1 aliphatic carbocycles. The first-order valence-electron chi connectivity index (χ1n) is 6.69. The number of amides is 1. The van der Waals surface area contributed by atoms with E-state index < -0.39 is 16.4 Å². The van der Waals surface area contributed by atoms with E-state index in [4.69, 9.17) is 4.42 Å². The summed E-state index contributed by atoms with van der Waals surface area (Å²) in [5, 5.41) is 2.47. The van der Waals surface area contributed by atoms with Gasteiger partial charge < -0.3 is 13.9 Å². The van der Waals surface area contributed by atoms with Crippen molar-refractivity contribution in [3.63, 3.8) is 0 Å². The summed E-state index contributed by atoms with van der Waals surface area (Å²) in [6.45, 7) is 1.65. The number of anilines is 1. The molecule has 3 rings (SSSR count). The maximum atomic E-state index is 12.5. The Balaban J connectivity index is 1.76. The van der Waals surface area contributed by atoms with Crippen LogP contribution in [0.15, 0.2) is 22.9 Å². The number of aromatic nitrogens is 2. The van der Waals surface area contributed by atoms with Crippen LogP contribution in [0.1, 0.15) is 40.9 Å². The molecular weight excluding hydrogens is 329 g/mol. The first-order chi connectivity index (χ1) is 10.8. The fourth-order valence-corrected chi connectivity index (χ4v) is 2.29. The highest BCUT2D eigenvalue weighted by molar-refractivity contribution is 7.81. The lowest BCUT2D eigenvalue weighted by molar-refractivity contribution is 0.0994. The number of nitrogens with one attached hydrogen (secondary N) is 1. The minimum Gasteiger partial charge on any atom is -0.435 e. The normalized spacial score (nSPS) is 14.5. The molecule has 0 unspecified atom stereocenters. The number of pyridine rings is 1. The molecule has 122 valence electrons. The Morgan fingerprint density at radius 3 is 2.83 bits per heavy atom. The zero-order chi connectivity index (χ0) is 16.6. The molecule has 8 nitrogen and oxygen atoms in total. The minimum absolute atomic E-state index is 0.0661. The second-order valence-corrected chi connectivity index (χ2v) is 6.03. The van der Waals surface area contributed by atoms with Crippen LogP contribution in [-0.4, -0.2) is 24.3 Å². The van der Waals surface area contributed by atoms with Crippen molar-refractivity contribution in [2.75, 3.05) is 5.32 Å². The number of hydrogen-bond donors (Lipinski definition) is 1. The lowest BCUT2D eigenvalue weighted by atomic mass is 10.3. The van der Waals surface area contributed by atoms with Crippen molar-refractivity contribution in [2.24, 2.45) is 0 Å². The highest BCUT2D eigenvalue weighted by Gasteiger charge is 2.30. The Kier molecular flexibility index (Phi) is 3.76. The monoisotopic (exact) mass is 341 g/mol. The Hall–Kier alpha value is -2.49. The number of nitrogens with zero attached hydrogens (tertiary/aromatic N) is 2. The molecule has 0 saturated heterocycles. The molecule has 0 aliphatic heterocycles. The molecule has 10 heteroatoms. The first kappa shape index (κ1) is 15.4. The largest absolute Gasteiger partial charge is 0.488 e. The van der Waals surface area contributed by atoms with E-state index in [-0.39, 0.29) is 23.1 Å². The third kappa shape index (κ3) is 3.83. The molecule has 1 aliphatic rings. The zero-order valence-corrected chi connectivity index (χ0v) is 12.8. The number of hydrogen-bond acceptors (Lipinski definition) is 7. The highest BCUT2D eigenvalue weighted by Crippen LogP contribution is 2.40. The number of rotatable bonds is 5. The molecule has 0 aromatic carbocycles. The van der Waals surface area contributed by atoms with Crippen LogP contribution < -0.4 is 9.50 Å². The van der Waals surface area contributed by atoms with Crippen molar-refractivity contribution in [2.45, 2.75) is 25.7 Å². The van der Waals surface area contributed by atoms with Crippen LogP contribution in [-0.2, 0) is 10.5 Å². The van der Waals surface area contributed by atoms with E-state index in [0.29, 0.717) is 11.6 Å². The van der Waals surface area contributed by atoms with Crippen molar-refractivity contribution >= 4 is 22.1 Å². The topological polar surface area (TPSA) is 111 Å². The number of oxazole rings is 1. The van der Waals surface area contributed by atoms with Gasteiger partial charge in [0.15, 0.2) is 11.6 Å². The number of carbonyl (C=O) groups excluding carboxylic acids is 1. The summed E-state index contributed by atoms with van der Waals surface area (Å²) in [6, 6.07) is 1.12. The van der Waals surface area contributed by atoms with Gasteiger partial charge in [0.1, 0.15) is 0 Å². The molecule has 2 aromatic rings. The summed E-state index contributed by atoms with van der Waals surface area (Å²) < 4.78 is 42.9. The van der Waals surface area contributed by atoms with Crippen LogP contribution in [0.25, 0.3) is 0 Å². The van der Waals surface area contributed by atoms with Gasteiger partial charge in [-0.25, -0.2) is 4.98 Å². The first-order valence-corrected chi connectivity index (χ1v) is 8.00. The van der Waals surface area contributed by atoms with Gasteiger partial charge in [-0.1, -0.05) is 3.89 Å². The van der Waals surface area contributed by atoms with E-state index >= 15 is 0 Å². The molecule has 23 heavy (non-hydrogen) atoms. The SMILES string of the molecule is Cc1nc(C2CC2)oc1C(=O)Nc1cncc(OS(=O)(=O)F)c1. The van der Waals surface area contributed by atoms with Crippen molar-refractivity contribution in [1.82, 2.24) is 9.97 Å². The third-order valence-electron chi connectivity index (χ3n) is 3.11. The maximum Gasteiger partial charge on any atom is 0.488 e. The fourth-order valence-electron chi connectivity index (χ4n) is 1.97. The molecule has 1 amide bonds. The highest BCUT2D eigenvalue weighted by atomic mass is 32.3. The van der Waals surface area contributed by atoms with Crippen LogP contribution >= 0.6 is 0 Å². The van der Waals surface area contributed by atoms with Gasteiger partial charge in [-0.2, -0.15) is 8.42 Å². The summed E-state index contributed by atoms with van der Waals surface area (Å²) in [4.78, 5) is 20.1. The van der Waals surface area contributed by atoms with Gasteiger partial charge in [0, 0.05) is 12.0 Å². The molecule has 0 radical (unpaired) electrons. The summed E-state index contributed by atoms with van der Waals surface area (Å²) in [5.41, 5.74) is 0.580. The molecule has 2 heterocycles. The van der Waals surface area contributed by atoms with Crippen molar-refractivity contribution in [3.05, 3.63) is 35.8 Å². The number of aryl methyl sites for hydroxylation is 1. The van der Waals surface area contributed by atoms with E-state index in [1.807, 2.05) is 0 Å². The standard InChI is InChI=1S/C13H12FN3O5S/c1-7-11(21-13(16-7)8-2-3-8)12(18)17-9-4-10(6-15-5-9)22-23(14,19)20/h4-6,8H,2-3H2,1H3,(H,17,18). The third-order valence-corrected chi connectivity index (χ3v) is 3.50. The van der Waals surface area contributed by atoms with Gasteiger partial charge in [0.25, 0.3) is 5.91 Å². The van der Waals surface area contributed by atoms with E-state index in [1.165, 1.54) is 6.20 Å². The Bertz CT molecular complexity index is 860. The van der Waals surface area contributed by atoms with Gasteiger partial charge in [0.2, 0.25) is 5.76 Å². The number of carbonyl (C=O) groups is 1. The van der Waals surface area contributed by atoms with Crippen molar-refractivity contribution < 1.29 is 25.7 Å². The van der Waals surface area contributed by atoms with Gasteiger partial charge in [0.05, 0.1) is 23.8 Å². The fraction of sp³-hybridized carbons (Fsp3) is 0.308. The summed E-state index contributed by atoms with van der Waals surface area (Å²) in [6.07, 6.45) is 4.23. The molecule has 2 aromatic heterocycles.